The summed E-state index contributed by atoms with van der Waals surface area (Å²) in [5.74, 6) is -0.266. The van der Waals surface area contributed by atoms with E-state index in [1.165, 1.54) is 0 Å². The number of nitrogen functional groups attached to an aromatic ring is 1. The molecule has 0 spiro atoms. The fourth-order valence-electron chi connectivity index (χ4n) is 3.33. The third-order valence-electron chi connectivity index (χ3n) is 5.11. The highest BCUT2D eigenvalue weighted by molar-refractivity contribution is 6.30. The van der Waals surface area contributed by atoms with E-state index in [9.17, 15) is 18.0 Å². The van der Waals surface area contributed by atoms with Crippen LogP contribution in [0.15, 0.2) is 60.8 Å². The van der Waals surface area contributed by atoms with Crippen LogP contribution >= 0.6 is 11.6 Å². The molecule has 2 heterocycles. The number of hydrogen-bond donors (Lipinski definition) is 2. The summed E-state index contributed by atoms with van der Waals surface area (Å²) in [5, 5.41) is 3.54. The Balaban J connectivity index is 1.57. The molecule has 0 atom stereocenters. The van der Waals surface area contributed by atoms with Crippen LogP contribution in [0.3, 0.4) is 0 Å². The molecule has 1 aliphatic heterocycles. The smallest absolute Gasteiger partial charge is 0.397 e. The third kappa shape index (κ3) is 4.22. The summed E-state index contributed by atoms with van der Waals surface area (Å²) < 4.78 is 43.8. The van der Waals surface area contributed by atoms with Crippen LogP contribution in [0.5, 0.6) is 0 Å². The molecule has 9 heteroatoms. The van der Waals surface area contributed by atoms with Gasteiger partial charge in [0.05, 0.1) is 30.2 Å². The van der Waals surface area contributed by atoms with Crippen molar-refractivity contribution in [1.29, 1.82) is 0 Å². The number of aromatic nitrogens is 1. The van der Waals surface area contributed by atoms with Crippen molar-refractivity contribution in [2.75, 3.05) is 18.9 Å². The van der Waals surface area contributed by atoms with Crippen LogP contribution in [0.2, 0.25) is 5.02 Å². The van der Waals surface area contributed by atoms with Crippen LogP contribution in [0.4, 0.5) is 18.9 Å². The predicted octanol–water partition coefficient (Wildman–Crippen LogP) is 4.66. The molecular weight excluding hydrogens is 431 g/mol. The van der Waals surface area contributed by atoms with Crippen molar-refractivity contribution in [3.05, 3.63) is 82.5 Å². The van der Waals surface area contributed by atoms with Gasteiger partial charge in [-0.25, -0.2) is 0 Å². The molecule has 0 aliphatic carbocycles. The molecule has 160 valence electrons. The molecule has 0 bridgehead atoms. The van der Waals surface area contributed by atoms with Gasteiger partial charge in [0.2, 0.25) is 0 Å². The Bertz CT molecular complexity index is 1110. The van der Waals surface area contributed by atoms with Crippen LogP contribution in [-0.4, -0.2) is 24.1 Å². The molecule has 0 unspecified atom stereocenters. The number of pyridine rings is 1. The maximum absolute atomic E-state index is 12.8. The van der Waals surface area contributed by atoms with Crippen LogP contribution in [0.25, 0.3) is 11.3 Å². The van der Waals surface area contributed by atoms with Gasteiger partial charge in [0.25, 0.3) is 5.91 Å². The summed E-state index contributed by atoms with van der Waals surface area (Å²) >= 11 is 5.87. The Morgan fingerprint density at radius 2 is 1.74 bits per heavy atom. The van der Waals surface area contributed by atoms with Gasteiger partial charge in [-0.15, -0.1) is 0 Å². The van der Waals surface area contributed by atoms with Gasteiger partial charge in [-0.2, -0.15) is 13.2 Å². The van der Waals surface area contributed by atoms with Crippen molar-refractivity contribution in [2.45, 2.75) is 11.7 Å². The normalized spacial score (nSPS) is 15.2. The number of amides is 1. The summed E-state index contributed by atoms with van der Waals surface area (Å²) in [6.45, 7) is 0.596. The lowest BCUT2D eigenvalue weighted by Crippen LogP contribution is -2.59. The molecule has 3 N–H and O–H groups in total. The van der Waals surface area contributed by atoms with Crippen LogP contribution in [-0.2, 0) is 16.5 Å². The molecule has 0 saturated carbocycles. The van der Waals surface area contributed by atoms with Gasteiger partial charge >= 0.3 is 6.18 Å². The number of benzene rings is 2. The van der Waals surface area contributed by atoms with E-state index < -0.39 is 17.3 Å². The molecule has 1 aromatic heterocycles. The Morgan fingerprint density at radius 3 is 2.26 bits per heavy atom. The van der Waals surface area contributed by atoms with Crippen molar-refractivity contribution >= 4 is 23.2 Å². The number of alkyl halides is 3. The van der Waals surface area contributed by atoms with Crippen LogP contribution in [0, 0.1) is 0 Å². The first-order chi connectivity index (χ1) is 14.7. The van der Waals surface area contributed by atoms with Crippen molar-refractivity contribution in [3.8, 4) is 11.3 Å². The Morgan fingerprint density at radius 1 is 1.10 bits per heavy atom. The quantitative estimate of drug-likeness (QED) is 0.610. The summed E-state index contributed by atoms with van der Waals surface area (Å²) in [4.78, 5) is 16.5. The molecule has 2 aromatic carbocycles. The lowest BCUT2D eigenvalue weighted by molar-refractivity contribution is -0.137. The van der Waals surface area contributed by atoms with E-state index in [0.717, 1.165) is 17.8 Å². The number of nitrogens with zero attached hydrogens (tertiary/aromatic N) is 1. The second kappa shape index (κ2) is 7.86. The van der Waals surface area contributed by atoms with E-state index >= 15 is 0 Å². The minimum absolute atomic E-state index is 0.0692. The minimum atomic E-state index is -4.51. The molecule has 1 amide bonds. The van der Waals surface area contributed by atoms with Gasteiger partial charge in [0.1, 0.15) is 5.54 Å². The number of ether oxygens (including phenoxy) is 1. The summed E-state index contributed by atoms with van der Waals surface area (Å²) in [7, 11) is 0. The zero-order valence-corrected chi connectivity index (χ0v) is 16.8. The van der Waals surface area contributed by atoms with Gasteiger partial charge in [-0.3, -0.25) is 9.78 Å². The summed E-state index contributed by atoms with van der Waals surface area (Å²) in [5.41, 5.74) is 6.22. The van der Waals surface area contributed by atoms with E-state index in [2.05, 4.69) is 10.3 Å². The summed E-state index contributed by atoms with van der Waals surface area (Å²) in [6.07, 6.45) is -3.75. The van der Waals surface area contributed by atoms with Crippen molar-refractivity contribution < 1.29 is 22.7 Å². The average molecular weight is 448 g/mol. The number of rotatable bonds is 4. The largest absolute Gasteiger partial charge is 0.417 e. The van der Waals surface area contributed by atoms with E-state index in [-0.39, 0.29) is 17.3 Å². The Labute approximate surface area is 181 Å². The molecule has 1 aliphatic rings. The standard InChI is InChI=1S/C22H17ClF3N3O2/c23-17-7-3-14(4-8-17)20(30)29-21(11-31-12-21)15-5-1-13(2-6-15)19-18(27)9-16(10-28-19)22(24,25)26/h1-10H,11-12,27H2,(H,29,30). The molecule has 1 saturated heterocycles. The molecular formula is C22H17ClF3N3O2. The zero-order chi connectivity index (χ0) is 22.2. The van der Waals surface area contributed by atoms with Gasteiger partial charge in [-0.05, 0) is 35.9 Å². The highest BCUT2D eigenvalue weighted by Gasteiger charge is 2.42. The van der Waals surface area contributed by atoms with E-state index in [0.29, 0.717) is 29.4 Å². The molecule has 31 heavy (non-hydrogen) atoms. The number of halogens is 4. The molecule has 5 nitrogen and oxygen atoms in total. The fourth-order valence-corrected chi connectivity index (χ4v) is 3.46. The second-order valence-corrected chi connectivity index (χ2v) is 7.71. The zero-order valence-electron chi connectivity index (χ0n) is 16.0. The predicted molar refractivity (Wildman–Crippen MR) is 111 cm³/mol. The lowest BCUT2D eigenvalue weighted by atomic mass is 9.86. The van der Waals surface area contributed by atoms with E-state index in [1.54, 1.807) is 48.5 Å². The second-order valence-electron chi connectivity index (χ2n) is 7.27. The van der Waals surface area contributed by atoms with E-state index in [1.807, 2.05) is 0 Å². The number of nitrogens with one attached hydrogen (secondary N) is 1. The van der Waals surface area contributed by atoms with E-state index in [4.69, 9.17) is 22.1 Å². The highest BCUT2D eigenvalue weighted by Crippen LogP contribution is 2.35. The number of carbonyl (C=O) groups excluding carboxylic acids is 1. The maximum atomic E-state index is 12.8. The lowest BCUT2D eigenvalue weighted by Gasteiger charge is -2.42. The first-order valence-electron chi connectivity index (χ1n) is 9.27. The number of nitrogens with two attached hydrogens (primary N) is 1. The molecule has 4 rings (SSSR count). The highest BCUT2D eigenvalue weighted by atomic mass is 35.5. The maximum Gasteiger partial charge on any atom is 0.417 e. The van der Waals surface area contributed by atoms with Gasteiger partial charge < -0.3 is 15.8 Å². The minimum Gasteiger partial charge on any atom is -0.397 e. The first-order valence-corrected chi connectivity index (χ1v) is 9.65. The molecule has 0 radical (unpaired) electrons. The fraction of sp³-hybridized carbons (Fsp3) is 0.182. The van der Waals surface area contributed by atoms with Crippen molar-refractivity contribution in [3.63, 3.8) is 0 Å². The first kappa shape index (κ1) is 21.1. The number of hydrogen-bond acceptors (Lipinski definition) is 4. The number of carbonyl (C=O) groups is 1. The SMILES string of the molecule is Nc1cc(C(F)(F)F)cnc1-c1ccc(C2(NC(=O)c3ccc(Cl)cc3)COC2)cc1. The third-order valence-corrected chi connectivity index (χ3v) is 5.36. The monoisotopic (exact) mass is 447 g/mol. The van der Waals surface area contributed by atoms with Crippen molar-refractivity contribution in [1.82, 2.24) is 10.3 Å². The van der Waals surface area contributed by atoms with Gasteiger partial charge in [-0.1, -0.05) is 35.9 Å². The van der Waals surface area contributed by atoms with Gasteiger partial charge in [0.15, 0.2) is 0 Å². The van der Waals surface area contributed by atoms with Crippen LogP contribution < -0.4 is 11.1 Å². The Kier molecular flexibility index (Phi) is 5.36. The summed E-state index contributed by atoms with van der Waals surface area (Å²) in [6, 6.07) is 14.4. The Hall–Kier alpha value is -3.10. The van der Waals surface area contributed by atoms with Gasteiger partial charge in [0, 0.05) is 22.3 Å². The topological polar surface area (TPSA) is 77.2 Å². The van der Waals surface area contributed by atoms with Crippen molar-refractivity contribution in [2.24, 2.45) is 0 Å². The molecule has 1 fully saturated rings. The number of anilines is 1. The molecule has 3 aromatic rings. The van der Waals surface area contributed by atoms with Crippen LogP contribution in [0.1, 0.15) is 21.5 Å². The average Bonchev–Trinajstić information content (AvgIpc) is 2.70.